The third-order valence-electron chi connectivity index (χ3n) is 3.15. The first-order chi connectivity index (χ1) is 9.81. The molecule has 6 nitrogen and oxygen atoms in total. The van der Waals surface area contributed by atoms with E-state index in [1.807, 2.05) is 0 Å². The molecular weight excluding hydrogens is 296 g/mol. The van der Waals surface area contributed by atoms with Crippen LogP contribution < -0.4 is 11.2 Å². The minimum absolute atomic E-state index is 0.0406. The molecule has 0 aliphatic rings. The molecule has 2 rings (SSSR count). The lowest BCUT2D eigenvalue weighted by atomic mass is 10.1. The van der Waals surface area contributed by atoms with E-state index in [0.717, 1.165) is 10.1 Å². The topological polar surface area (TPSA) is 92.2 Å². The van der Waals surface area contributed by atoms with Gasteiger partial charge in [-0.05, 0) is 31.5 Å². The molecule has 0 fully saturated rings. The molecule has 0 radical (unpaired) electrons. The Balaban J connectivity index is 2.74. The van der Waals surface area contributed by atoms with Gasteiger partial charge in [-0.3, -0.25) is 9.59 Å². The minimum atomic E-state index is -1.14. The number of hydrogen-bond donors (Lipinski definition) is 2. The Kier molecular flexibility index (Phi) is 3.99. The second kappa shape index (κ2) is 5.57. The Hall–Kier alpha value is -2.34. The summed E-state index contributed by atoms with van der Waals surface area (Å²) in [6, 6.07) is 4.76. The van der Waals surface area contributed by atoms with Gasteiger partial charge in [0.15, 0.2) is 0 Å². The summed E-state index contributed by atoms with van der Waals surface area (Å²) in [4.78, 5) is 37.7. The van der Waals surface area contributed by atoms with Crippen molar-refractivity contribution in [3.63, 3.8) is 0 Å². The van der Waals surface area contributed by atoms with Crippen LogP contribution in [-0.4, -0.2) is 20.6 Å². The highest BCUT2D eigenvalue weighted by atomic mass is 35.5. The van der Waals surface area contributed by atoms with Gasteiger partial charge in [0.1, 0.15) is 0 Å². The van der Waals surface area contributed by atoms with E-state index in [1.165, 1.54) is 13.0 Å². The standard InChI is InChI=1S/C14H13ClN2O4/c1-7-3-4-9(5-11(7)15)17-13(20)10(6-12(18)19)8(2)16-14(17)21/h3-5H,6H2,1-2H3,(H,16,21)(H,18,19). The highest BCUT2D eigenvalue weighted by molar-refractivity contribution is 6.31. The molecule has 0 aliphatic heterocycles. The van der Waals surface area contributed by atoms with Gasteiger partial charge in [-0.2, -0.15) is 0 Å². The highest BCUT2D eigenvalue weighted by Crippen LogP contribution is 2.18. The van der Waals surface area contributed by atoms with Crippen LogP contribution in [-0.2, 0) is 11.2 Å². The van der Waals surface area contributed by atoms with Crippen LogP contribution in [0.15, 0.2) is 27.8 Å². The lowest BCUT2D eigenvalue weighted by Crippen LogP contribution is -2.37. The van der Waals surface area contributed by atoms with Crippen molar-refractivity contribution in [3.8, 4) is 5.69 Å². The van der Waals surface area contributed by atoms with Gasteiger partial charge in [0.2, 0.25) is 0 Å². The maximum absolute atomic E-state index is 12.4. The monoisotopic (exact) mass is 308 g/mol. The van der Waals surface area contributed by atoms with Crippen molar-refractivity contribution in [1.29, 1.82) is 0 Å². The summed E-state index contributed by atoms with van der Waals surface area (Å²) in [5, 5.41) is 9.28. The van der Waals surface area contributed by atoms with Crippen LogP contribution in [0.3, 0.4) is 0 Å². The van der Waals surface area contributed by atoms with Crippen LogP contribution in [0.4, 0.5) is 0 Å². The number of benzene rings is 1. The van der Waals surface area contributed by atoms with Gasteiger partial charge in [0.05, 0.1) is 12.1 Å². The quantitative estimate of drug-likeness (QED) is 0.897. The van der Waals surface area contributed by atoms with Crippen molar-refractivity contribution in [3.05, 3.63) is 60.9 Å². The van der Waals surface area contributed by atoms with Crippen LogP contribution in [0.1, 0.15) is 16.8 Å². The van der Waals surface area contributed by atoms with Gasteiger partial charge in [-0.1, -0.05) is 17.7 Å². The molecule has 1 heterocycles. The van der Waals surface area contributed by atoms with E-state index in [2.05, 4.69) is 4.98 Å². The van der Waals surface area contributed by atoms with Gasteiger partial charge >= 0.3 is 11.7 Å². The molecule has 0 aliphatic carbocycles. The van der Waals surface area contributed by atoms with Crippen LogP contribution >= 0.6 is 11.6 Å². The predicted molar refractivity (Wildman–Crippen MR) is 78.5 cm³/mol. The molecule has 7 heteroatoms. The number of aryl methyl sites for hydroxylation is 2. The molecule has 0 saturated heterocycles. The largest absolute Gasteiger partial charge is 0.481 e. The summed E-state index contributed by atoms with van der Waals surface area (Å²) >= 11 is 6.00. The normalized spacial score (nSPS) is 10.6. The first-order valence-corrected chi connectivity index (χ1v) is 6.52. The number of halogens is 1. The lowest BCUT2D eigenvalue weighted by molar-refractivity contribution is -0.136. The number of rotatable bonds is 3. The molecule has 0 saturated carbocycles. The lowest BCUT2D eigenvalue weighted by Gasteiger charge is -2.10. The number of nitrogens with one attached hydrogen (secondary N) is 1. The minimum Gasteiger partial charge on any atom is -0.481 e. The van der Waals surface area contributed by atoms with Crippen molar-refractivity contribution in [2.75, 3.05) is 0 Å². The zero-order chi connectivity index (χ0) is 15.7. The average molecular weight is 309 g/mol. The highest BCUT2D eigenvalue weighted by Gasteiger charge is 2.15. The molecule has 110 valence electrons. The van der Waals surface area contributed by atoms with Gasteiger partial charge in [0, 0.05) is 16.3 Å². The van der Waals surface area contributed by atoms with Gasteiger partial charge in [-0.15, -0.1) is 0 Å². The van der Waals surface area contributed by atoms with Crippen molar-refractivity contribution in [2.45, 2.75) is 20.3 Å². The van der Waals surface area contributed by atoms with Gasteiger partial charge < -0.3 is 10.1 Å². The summed E-state index contributed by atoms with van der Waals surface area (Å²) in [6.07, 6.45) is -0.457. The first-order valence-electron chi connectivity index (χ1n) is 6.14. The van der Waals surface area contributed by atoms with E-state index in [0.29, 0.717) is 10.7 Å². The first kappa shape index (κ1) is 15.1. The fraction of sp³-hybridized carbons (Fsp3) is 0.214. The van der Waals surface area contributed by atoms with Crippen molar-refractivity contribution < 1.29 is 9.90 Å². The van der Waals surface area contributed by atoms with E-state index in [1.54, 1.807) is 19.1 Å². The maximum atomic E-state index is 12.4. The molecule has 0 amide bonds. The zero-order valence-corrected chi connectivity index (χ0v) is 12.2. The molecule has 1 aromatic heterocycles. The van der Waals surface area contributed by atoms with Crippen molar-refractivity contribution >= 4 is 17.6 Å². The van der Waals surface area contributed by atoms with E-state index in [9.17, 15) is 14.4 Å². The Morgan fingerprint density at radius 3 is 2.57 bits per heavy atom. The van der Waals surface area contributed by atoms with Crippen LogP contribution in [0.25, 0.3) is 5.69 Å². The second-order valence-corrected chi connectivity index (χ2v) is 5.09. The molecule has 21 heavy (non-hydrogen) atoms. The number of H-pyrrole nitrogens is 1. The van der Waals surface area contributed by atoms with Crippen LogP contribution in [0, 0.1) is 13.8 Å². The molecule has 1 aromatic carbocycles. The van der Waals surface area contributed by atoms with Crippen LogP contribution in [0.5, 0.6) is 0 Å². The molecule has 0 unspecified atom stereocenters. The number of carbonyl (C=O) groups is 1. The fourth-order valence-electron chi connectivity index (χ4n) is 1.99. The molecule has 0 atom stereocenters. The second-order valence-electron chi connectivity index (χ2n) is 4.68. The third-order valence-corrected chi connectivity index (χ3v) is 3.56. The van der Waals surface area contributed by atoms with E-state index in [4.69, 9.17) is 16.7 Å². The maximum Gasteiger partial charge on any atom is 0.333 e. The zero-order valence-electron chi connectivity index (χ0n) is 11.4. The number of carboxylic acid groups (broad SMARTS) is 1. The van der Waals surface area contributed by atoms with Gasteiger partial charge in [0.25, 0.3) is 5.56 Å². The molecule has 0 spiro atoms. The Morgan fingerprint density at radius 1 is 1.33 bits per heavy atom. The smallest absolute Gasteiger partial charge is 0.333 e. The molecular formula is C14H13ClN2O4. The SMILES string of the molecule is Cc1ccc(-n2c(=O)[nH]c(C)c(CC(=O)O)c2=O)cc1Cl. The number of hydrogen-bond acceptors (Lipinski definition) is 3. The summed E-state index contributed by atoms with van der Waals surface area (Å²) < 4.78 is 0.886. The summed E-state index contributed by atoms with van der Waals surface area (Å²) in [6.45, 7) is 3.29. The fourth-order valence-corrected chi connectivity index (χ4v) is 2.17. The number of aliphatic carboxylic acids is 1. The van der Waals surface area contributed by atoms with Crippen molar-refractivity contribution in [1.82, 2.24) is 9.55 Å². The predicted octanol–water partition coefficient (Wildman–Crippen LogP) is 1.42. The summed E-state index contributed by atoms with van der Waals surface area (Å²) in [5.74, 6) is -1.14. The molecule has 2 aromatic rings. The average Bonchev–Trinajstić information content (AvgIpc) is 2.38. The van der Waals surface area contributed by atoms with Crippen LogP contribution in [0.2, 0.25) is 5.02 Å². The summed E-state index contributed by atoms with van der Waals surface area (Å²) in [7, 11) is 0. The third kappa shape index (κ3) is 2.90. The number of carboxylic acids is 1. The molecule has 2 N–H and O–H groups in total. The molecule has 0 bridgehead atoms. The Labute approximate surface area is 124 Å². The summed E-state index contributed by atoms with van der Waals surface area (Å²) in [5.41, 5.74) is 0.108. The Morgan fingerprint density at radius 2 is 2.00 bits per heavy atom. The number of aromatic amines is 1. The number of nitrogens with zero attached hydrogens (tertiary/aromatic N) is 1. The van der Waals surface area contributed by atoms with Gasteiger partial charge in [-0.25, -0.2) is 9.36 Å². The number of aromatic nitrogens is 2. The Bertz CT molecular complexity index is 836. The van der Waals surface area contributed by atoms with Crippen molar-refractivity contribution in [2.24, 2.45) is 0 Å². The van der Waals surface area contributed by atoms with E-state index >= 15 is 0 Å². The van der Waals surface area contributed by atoms with E-state index < -0.39 is 23.6 Å². The van der Waals surface area contributed by atoms with E-state index in [-0.39, 0.29) is 11.3 Å².